The van der Waals surface area contributed by atoms with E-state index in [1.165, 1.54) is 0 Å². The van der Waals surface area contributed by atoms with Crippen LogP contribution in [0.25, 0.3) is 0 Å². The number of hydrogen-bond donors (Lipinski definition) is 1. The summed E-state index contributed by atoms with van der Waals surface area (Å²) in [5.74, 6) is -0.0874. The van der Waals surface area contributed by atoms with Crippen LogP contribution in [0, 0.1) is 0 Å². The van der Waals surface area contributed by atoms with Gasteiger partial charge in [0, 0.05) is 13.0 Å². The normalized spacial score (nSPS) is 21.7. The Labute approximate surface area is 113 Å². The monoisotopic (exact) mass is 260 g/mol. The lowest BCUT2D eigenvalue weighted by atomic mass is 9.95. The molecule has 0 fully saturated rings. The van der Waals surface area contributed by atoms with Gasteiger partial charge in [-0.1, -0.05) is 48.8 Å². The van der Waals surface area contributed by atoms with Gasteiger partial charge in [-0.3, -0.25) is 4.79 Å². The topological polar surface area (TPSA) is 50.7 Å². The van der Waals surface area contributed by atoms with Gasteiger partial charge in [0.05, 0.1) is 5.71 Å². The van der Waals surface area contributed by atoms with Crippen molar-refractivity contribution in [2.45, 2.75) is 38.7 Å². The van der Waals surface area contributed by atoms with Crippen molar-refractivity contribution in [3.05, 3.63) is 35.9 Å². The summed E-state index contributed by atoms with van der Waals surface area (Å²) in [4.78, 5) is 17.5. The molecule has 4 nitrogen and oxygen atoms in total. The van der Waals surface area contributed by atoms with Crippen molar-refractivity contribution < 1.29 is 9.63 Å². The van der Waals surface area contributed by atoms with Crippen molar-refractivity contribution in [1.29, 1.82) is 0 Å². The van der Waals surface area contributed by atoms with Crippen molar-refractivity contribution in [2.75, 3.05) is 6.54 Å². The third-order valence-electron chi connectivity index (χ3n) is 3.27. The maximum Gasteiger partial charge on any atom is 0.267 e. The number of unbranched alkanes of at least 4 members (excludes halogenated alkanes) is 1. The second-order valence-corrected chi connectivity index (χ2v) is 5.01. The largest absolute Gasteiger partial charge is 0.379 e. The number of oxime groups is 1. The van der Waals surface area contributed by atoms with Crippen LogP contribution in [0.1, 0.15) is 38.7 Å². The third-order valence-corrected chi connectivity index (χ3v) is 3.27. The minimum absolute atomic E-state index is 0.0874. The molecule has 1 amide bonds. The van der Waals surface area contributed by atoms with E-state index in [1.54, 1.807) is 6.92 Å². The van der Waals surface area contributed by atoms with Crippen LogP contribution in [-0.4, -0.2) is 23.8 Å². The second-order valence-electron chi connectivity index (χ2n) is 5.01. The molecule has 1 aliphatic rings. The molecule has 0 aliphatic carbocycles. The molecule has 4 heteroatoms. The SMILES string of the molecule is CCCCNC(=O)[C@]1(C)CC(c2ccccc2)=NO1. The number of nitrogens with zero attached hydrogens (tertiary/aromatic N) is 1. The predicted octanol–water partition coefficient (Wildman–Crippen LogP) is 2.49. The molecule has 1 aliphatic heterocycles. The van der Waals surface area contributed by atoms with Crippen molar-refractivity contribution in [1.82, 2.24) is 5.32 Å². The Morgan fingerprint density at radius 2 is 2.16 bits per heavy atom. The van der Waals surface area contributed by atoms with Crippen molar-refractivity contribution in [3.63, 3.8) is 0 Å². The highest BCUT2D eigenvalue weighted by molar-refractivity contribution is 6.05. The number of hydrogen-bond acceptors (Lipinski definition) is 3. The number of benzene rings is 1. The first-order valence-electron chi connectivity index (χ1n) is 6.74. The zero-order valence-electron chi connectivity index (χ0n) is 11.5. The Bertz CT molecular complexity index is 470. The highest BCUT2D eigenvalue weighted by atomic mass is 16.7. The molecule has 0 aromatic heterocycles. The molecule has 102 valence electrons. The molecule has 1 aromatic carbocycles. The molecule has 2 rings (SSSR count). The summed E-state index contributed by atoms with van der Waals surface area (Å²) in [6, 6.07) is 9.81. The molecule has 19 heavy (non-hydrogen) atoms. The fourth-order valence-electron chi connectivity index (χ4n) is 2.01. The highest BCUT2D eigenvalue weighted by Gasteiger charge is 2.41. The molecule has 0 spiro atoms. The van der Waals surface area contributed by atoms with Gasteiger partial charge in [0.2, 0.25) is 5.60 Å². The zero-order valence-corrected chi connectivity index (χ0v) is 11.5. The summed E-state index contributed by atoms with van der Waals surface area (Å²) in [7, 11) is 0. The van der Waals surface area contributed by atoms with E-state index in [1.807, 2.05) is 30.3 Å². The Hall–Kier alpha value is -1.84. The van der Waals surface area contributed by atoms with Crippen LogP contribution >= 0.6 is 0 Å². The maximum absolute atomic E-state index is 12.1. The fraction of sp³-hybridized carbons (Fsp3) is 0.467. The molecule has 1 aromatic rings. The summed E-state index contributed by atoms with van der Waals surface area (Å²) in [5, 5.41) is 6.97. The summed E-state index contributed by atoms with van der Waals surface area (Å²) in [5.41, 5.74) is 0.958. The van der Waals surface area contributed by atoms with Gasteiger partial charge < -0.3 is 10.2 Å². The second kappa shape index (κ2) is 5.87. The van der Waals surface area contributed by atoms with Gasteiger partial charge in [0.25, 0.3) is 5.91 Å². The van der Waals surface area contributed by atoms with Gasteiger partial charge in [0.15, 0.2) is 0 Å². The minimum atomic E-state index is -0.876. The molecule has 0 saturated heterocycles. The first-order valence-corrected chi connectivity index (χ1v) is 6.74. The van der Waals surface area contributed by atoms with Crippen LogP contribution in [-0.2, 0) is 9.63 Å². The zero-order chi connectivity index (χ0) is 13.7. The Morgan fingerprint density at radius 3 is 2.84 bits per heavy atom. The van der Waals surface area contributed by atoms with Crippen LogP contribution in [0.2, 0.25) is 0 Å². The summed E-state index contributed by atoms with van der Waals surface area (Å²) >= 11 is 0. The average Bonchev–Trinajstić information content (AvgIpc) is 2.84. The van der Waals surface area contributed by atoms with E-state index in [4.69, 9.17) is 4.84 Å². The number of amides is 1. The Balaban J connectivity index is 1.97. The van der Waals surface area contributed by atoms with Gasteiger partial charge in [-0.05, 0) is 18.9 Å². The molecular formula is C15H20N2O2. The molecular weight excluding hydrogens is 240 g/mol. The molecule has 1 heterocycles. The van der Waals surface area contributed by atoms with Gasteiger partial charge >= 0.3 is 0 Å². The minimum Gasteiger partial charge on any atom is -0.379 e. The van der Waals surface area contributed by atoms with E-state index < -0.39 is 5.60 Å². The number of rotatable bonds is 5. The maximum atomic E-state index is 12.1. The van der Waals surface area contributed by atoms with Crippen LogP contribution in [0.15, 0.2) is 35.5 Å². The molecule has 0 unspecified atom stereocenters. The van der Waals surface area contributed by atoms with Crippen molar-refractivity contribution in [3.8, 4) is 0 Å². The average molecular weight is 260 g/mol. The van der Waals surface area contributed by atoms with E-state index >= 15 is 0 Å². The van der Waals surface area contributed by atoms with Crippen LogP contribution in [0.3, 0.4) is 0 Å². The van der Waals surface area contributed by atoms with Crippen LogP contribution in [0.4, 0.5) is 0 Å². The molecule has 0 radical (unpaired) electrons. The van der Waals surface area contributed by atoms with E-state index in [-0.39, 0.29) is 5.91 Å². The van der Waals surface area contributed by atoms with E-state index in [9.17, 15) is 4.79 Å². The lowest BCUT2D eigenvalue weighted by Gasteiger charge is -2.20. The number of carbonyl (C=O) groups excluding carboxylic acids is 1. The Morgan fingerprint density at radius 1 is 1.42 bits per heavy atom. The fourth-order valence-corrected chi connectivity index (χ4v) is 2.01. The Kier molecular flexibility index (Phi) is 4.20. The first-order chi connectivity index (χ1) is 9.15. The molecule has 1 atom stereocenters. The van der Waals surface area contributed by atoms with Gasteiger partial charge in [0.1, 0.15) is 0 Å². The highest BCUT2D eigenvalue weighted by Crippen LogP contribution is 2.26. The van der Waals surface area contributed by atoms with Gasteiger partial charge in [-0.25, -0.2) is 0 Å². The van der Waals surface area contributed by atoms with Crippen LogP contribution in [0.5, 0.6) is 0 Å². The van der Waals surface area contributed by atoms with Crippen LogP contribution < -0.4 is 5.32 Å². The molecule has 0 bridgehead atoms. The standard InChI is InChI=1S/C15H20N2O2/c1-3-4-10-16-14(18)15(2)11-13(17-19-15)12-8-6-5-7-9-12/h5-9H,3-4,10-11H2,1-2H3,(H,16,18)/t15-/m0/s1. The summed E-state index contributed by atoms with van der Waals surface area (Å²) in [6.45, 7) is 4.57. The summed E-state index contributed by atoms with van der Waals surface area (Å²) < 4.78 is 0. The van der Waals surface area contributed by atoms with Gasteiger partial charge in [-0.15, -0.1) is 0 Å². The smallest absolute Gasteiger partial charge is 0.267 e. The number of nitrogens with one attached hydrogen (secondary N) is 1. The third kappa shape index (κ3) is 3.13. The summed E-state index contributed by atoms with van der Waals surface area (Å²) in [6.07, 6.45) is 2.55. The predicted molar refractivity (Wildman–Crippen MR) is 75.0 cm³/mol. The van der Waals surface area contributed by atoms with E-state index in [0.717, 1.165) is 24.1 Å². The number of carbonyl (C=O) groups is 1. The molecule has 1 N–H and O–H groups in total. The quantitative estimate of drug-likeness (QED) is 0.827. The lowest BCUT2D eigenvalue weighted by Crippen LogP contribution is -2.45. The van der Waals surface area contributed by atoms with E-state index in [0.29, 0.717) is 13.0 Å². The van der Waals surface area contributed by atoms with Crippen molar-refractivity contribution >= 4 is 11.6 Å². The van der Waals surface area contributed by atoms with Gasteiger partial charge in [-0.2, -0.15) is 0 Å². The van der Waals surface area contributed by atoms with E-state index in [2.05, 4.69) is 17.4 Å². The van der Waals surface area contributed by atoms with Crippen molar-refractivity contribution in [2.24, 2.45) is 5.16 Å². The lowest BCUT2D eigenvalue weighted by molar-refractivity contribution is -0.141. The molecule has 0 saturated carbocycles. The first kappa shape index (κ1) is 13.6.